The van der Waals surface area contributed by atoms with E-state index in [4.69, 9.17) is 4.74 Å². The minimum atomic E-state index is -1.15. The minimum Gasteiger partial charge on any atom is -0.507 e. The third-order valence-electron chi connectivity index (χ3n) is 5.59. The SMILES string of the molecule is Cc1ccccc1C1/C(=C(\O)c2cccc(OC(C)C)c2)C(=O)C(=O)N1c1ccc(F)c(F)c1. The van der Waals surface area contributed by atoms with E-state index >= 15 is 0 Å². The molecule has 34 heavy (non-hydrogen) atoms. The predicted molar refractivity (Wildman–Crippen MR) is 125 cm³/mol. The summed E-state index contributed by atoms with van der Waals surface area (Å²) >= 11 is 0. The number of hydrogen-bond acceptors (Lipinski definition) is 4. The summed E-state index contributed by atoms with van der Waals surface area (Å²) in [6, 6.07) is 15.6. The van der Waals surface area contributed by atoms with E-state index in [1.807, 2.05) is 13.8 Å². The van der Waals surface area contributed by atoms with Crippen LogP contribution in [0.25, 0.3) is 5.76 Å². The Hall–Kier alpha value is -4.00. The molecule has 0 bridgehead atoms. The number of ether oxygens (including phenoxy) is 1. The fraction of sp³-hybridized carbons (Fsp3) is 0.185. The van der Waals surface area contributed by atoms with Crippen molar-refractivity contribution in [3.63, 3.8) is 0 Å². The summed E-state index contributed by atoms with van der Waals surface area (Å²) in [5.74, 6) is -4.00. The standard InChI is InChI=1S/C27H23F2NO4/c1-15(2)34-19-9-6-8-17(13-19)25(31)23-24(20-10-5-4-7-16(20)3)30(27(33)26(23)32)18-11-12-21(28)22(29)14-18/h4-15,24,31H,1-3H3/b25-23+. The zero-order valence-corrected chi connectivity index (χ0v) is 18.9. The maximum Gasteiger partial charge on any atom is 0.300 e. The number of aliphatic hydroxyl groups excluding tert-OH is 1. The topological polar surface area (TPSA) is 66.8 Å². The van der Waals surface area contributed by atoms with Crippen LogP contribution in [0, 0.1) is 18.6 Å². The van der Waals surface area contributed by atoms with Crippen molar-refractivity contribution in [1.82, 2.24) is 0 Å². The van der Waals surface area contributed by atoms with E-state index in [9.17, 15) is 23.5 Å². The molecule has 4 rings (SSSR count). The van der Waals surface area contributed by atoms with Gasteiger partial charge in [0.05, 0.1) is 17.7 Å². The first-order valence-electron chi connectivity index (χ1n) is 10.8. The van der Waals surface area contributed by atoms with E-state index < -0.39 is 29.4 Å². The molecule has 1 fully saturated rings. The lowest BCUT2D eigenvalue weighted by molar-refractivity contribution is -0.132. The highest BCUT2D eigenvalue weighted by molar-refractivity contribution is 6.51. The van der Waals surface area contributed by atoms with Crippen LogP contribution in [-0.2, 0) is 9.59 Å². The molecular weight excluding hydrogens is 440 g/mol. The number of benzene rings is 3. The third-order valence-corrected chi connectivity index (χ3v) is 5.59. The van der Waals surface area contributed by atoms with Crippen LogP contribution in [-0.4, -0.2) is 22.9 Å². The molecule has 0 saturated carbocycles. The molecule has 1 aliphatic heterocycles. The molecule has 1 N–H and O–H groups in total. The van der Waals surface area contributed by atoms with Gasteiger partial charge in [-0.15, -0.1) is 0 Å². The average Bonchev–Trinajstić information content (AvgIpc) is 3.05. The molecule has 5 nitrogen and oxygen atoms in total. The molecule has 0 aliphatic carbocycles. The summed E-state index contributed by atoms with van der Waals surface area (Å²) in [6.45, 7) is 5.52. The number of aliphatic hydroxyl groups is 1. The van der Waals surface area contributed by atoms with Gasteiger partial charge in [-0.1, -0.05) is 36.4 Å². The summed E-state index contributed by atoms with van der Waals surface area (Å²) in [7, 11) is 0. The van der Waals surface area contributed by atoms with Gasteiger partial charge in [-0.05, 0) is 56.2 Å². The number of anilines is 1. The minimum absolute atomic E-state index is 0.00481. The van der Waals surface area contributed by atoms with Crippen LogP contribution >= 0.6 is 0 Å². The van der Waals surface area contributed by atoms with Gasteiger partial charge in [-0.25, -0.2) is 8.78 Å². The summed E-state index contributed by atoms with van der Waals surface area (Å²) in [4.78, 5) is 27.4. The lowest BCUT2D eigenvalue weighted by Gasteiger charge is -2.26. The van der Waals surface area contributed by atoms with E-state index in [0.717, 1.165) is 22.6 Å². The fourth-order valence-corrected chi connectivity index (χ4v) is 4.07. The van der Waals surface area contributed by atoms with E-state index in [1.54, 1.807) is 55.5 Å². The number of amides is 1. The Balaban J connectivity index is 1.94. The highest BCUT2D eigenvalue weighted by atomic mass is 19.2. The van der Waals surface area contributed by atoms with E-state index in [-0.39, 0.29) is 23.1 Å². The van der Waals surface area contributed by atoms with Gasteiger partial charge in [0.2, 0.25) is 0 Å². The van der Waals surface area contributed by atoms with Gasteiger partial charge in [-0.3, -0.25) is 14.5 Å². The molecule has 0 aromatic heterocycles. The molecule has 0 spiro atoms. The molecule has 3 aromatic carbocycles. The van der Waals surface area contributed by atoms with E-state index in [1.165, 1.54) is 6.07 Å². The number of Topliss-reactive ketones (excluding diaryl/α,β-unsaturated/α-hetero) is 1. The van der Waals surface area contributed by atoms with Crippen molar-refractivity contribution in [2.24, 2.45) is 0 Å². The Bertz CT molecular complexity index is 1320. The zero-order chi connectivity index (χ0) is 24.6. The van der Waals surface area contributed by atoms with Crippen LogP contribution < -0.4 is 9.64 Å². The van der Waals surface area contributed by atoms with Gasteiger partial charge in [0.25, 0.3) is 11.7 Å². The smallest absolute Gasteiger partial charge is 0.300 e. The van der Waals surface area contributed by atoms with E-state index in [0.29, 0.717) is 16.9 Å². The predicted octanol–water partition coefficient (Wildman–Crippen LogP) is 5.69. The van der Waals surface area contributed by atoms with Crippen LogP contribution in [0.1, 0.15) is 36.6 Å². The molecule has 7 heteroatoms. The summed E-state index contributed by atoms with van der Waals surface area (Å²) in [5, 5.41) is 11.2. The first-order valence-corrected chi connectivity index (χ1v) is 10.8. The normalized spacial score (nSPS) is 17.5. The van der Waals surface area contributed by atoms with Crippen molar-refractivity contribution in [2.75, 3.05) is 4.90 Å². The monoisotopic (exact) mass is 463 g/mol. The molecule has 1 atom stereocenters. The Morgan fingerprint density at radius 3 is 2.38 bits per heavy atom. The van der Waals surface area contributed by atoms with Gasteiger partial charge in [0, 0.05) is 17.3 Å². The van der Waals surface area contributed by atoms with Gasteiger partial charge < -0.3 is 9.84 Å². The first kappa shape index (κ1) is 23.2. The molecular formula is C27H23F2NO4. The number of nitrogens with zero attached hydrogens (tertiary/aromatic N) is 1. The van der Waals surface area contributed by atoms with Crippen LogP contribution in [0.2, 0.25) is 0 Å². The van der Waals surface area contributed by atoms with Crippen LogP contribution in [0.15, 0.2) is 72.3 Å². The van der Waals surface area contributed by atoms with Crippen molar-refractivity contribution in [3.8, 4) is 5.75 Å². The largest absolute Gasteiger partial charge is 0.507 e. The number of carbonyl (C=O) groups is 2. The summed E-state index contributed by atoms with van der Waals surface area (Å²) in [5.41, 5.74) is 1.48. The molecule has 1 aliphatic rings. The first-order chi connectivity index (χ1) is 16.2. The molecule has 1 saturated heterocycles. The van der Waals surface area contributed by atoms with Crippen molar-refractivity contribution in [1.29, 1.82) is 0 Å². The van der Waals surface area contributed by atoms with Crippen LogP contribution in [0.5, 0.6) is 5.75 Å². The highest BCUT2D eigenvalue weighted by Gasteiger charge is 2.47. The maximum absolute atomic E-state index is 14.1. The van der Waals surface area contributed by atoms with Crippen LogP contribution in [0.4, 0.5) is 14.5 Å². The van der Waals surface area contributed by atoms with Gasteiger partial charge in [0.1, 0.15) is 11.5 Å². The Morgan fingerprint density at radius 1 is 0.971 bits per heavy atom. The van der Waals surface area contributed by atoms with Gasteiger partial charge >= 0.3 is 0 Å². The quantitative estimate of drug-likeness (QED) is 0.300. The molecule has 0 radical (unpaired) electrons. The number of halogens is 2. The Morgan fingerprint density at radius 2 is 1.71 bits per heavy atom. The molecule has 1 amide bonds. The van der Waals surface area contributed by atoms with Gasteiger partial charge in [0.15, 0.2) is 11.6 Å². The summed E-state index contributed by atoms with van der Waals surface area (Å²) < 4.78 is 33.3. The van der Waals surface area contributed by atoms with Crippen molar-refractivity contribution < 1.29 is 28.2 Å². The zero-order valence-electron chi connectivity index (χ0n) is 18.9. The number of carbonyl (C=O) groups excluding carboxylic acids is 2. The van der Waals surface area contributed by atoms with Gasteiger partial charge in [-0.2, -0.15) is 0 Å². The molecule has 1 unspecified atom stereocenters. The second-order valence-corrected chi connectivity index (χ2v) is 8.32. The van der Waals surface area contributed by atoms with E-state index in [2.05, 4.69) is 0 Å². The number of ketones is 1. The maximum atomic E-state index is 14.1. The third kappa shape index (κ3) is 4.17. The average molecular weight is 463 g/mol. The number of rotatable bonds is 5. The van der Waals surface area contributed by atoms with Crippen molar-refractivity contribution in [3.05, 3.63) is 101 Å². The molecule has 3 aromatic rings. The Labute approximate surface area is 195 Å². The lowest BCUT2D eigenvalue weighted by Crippen LogP contribution is -2.30. The number of hydrogen-bond donors (Lipinski definition) is 1. The van der Waals surface area contributed by atoms with Crippen molar-refractivity contribution in [2.45, 2.75) is 32.9 Å². The Kier molecular flexibility index (Phi) is 6.20. The second-order valence-electron chi connectivity index (χ2n) is 8.32. The molecule has 174 valence electrons. The van der Waals surface area contributed by atoms with Crippen LogP contribution in [0.3, 0.4) is 0 Å². The summed E-state index contributed by atoms with van der Waals surface area (Å²) in [6.07, 6.45) is -0.108. The highest BCUT2D eigenvalue weighted by Crippen LogP contribution is 2.43. The second kappa shape index (κ2) is 9.09. The lowest BCUT2D eigenvalue weighted by atomic mass is 9.92. The number of aryl methyl sites for hydroxylation is 1. The fourth-order valence-electron chi connectivity index (χ4n) is 4.07. The molecule has 1 heterocycles. The van der Waals surface area contributed by atoms with Crippen molar-refractivity contribution >= 4 is 23.1 Å².